The molecular formula is C11H13BrN4O. The molecule has 0 saturated heterocycles. The lowest BCUT2D eigenvalue weighted by molar-refractivity contribution is 0.102. The Balaban J connectivity index is 2.18. The Labute approximate surface area is 107 Å². The third-order valence-corrected chi connectivity index (χ3v) is 2.84. The molecule has 17 heavy (non-hydrogen) atoms. The van der Waals surface area contributed by atoms with Gasteiger partial charge in [0.15, 0.2) is 0 Å². The molecule has 0 bridgehead atoms. The highest BCUT2D eigenvalue weighted by molar-refractivity contribution is 9.10. The van der Waals surface area contributed by atoms with Crippen LogP contribution in [0.1, 0.15) is 23.1 Å². The van der Waals surface area contributed by atoms with E-state index in [-0.39, 0.29) is 5.91 Å². The van der Waals surface area contributed by atoms with Crippen molar-refractivity contribution < 1.29 is 4.79 Å². The lowest BCUT2D eigenvalue weighted by atomic mass is 10.3. The average Bonchev–Trinajstić information content (AvgIpc) is 2.85. The van der Waals surface area contributed by atoms with Crippen molar-refractivity contribution in [3.8, 4) is 0 Å². The number of amides is 1. The van der Waals surface area contributed by atoms with E-state index in [1.165, 1.54) is 0 Å². The summed E-state index contributed by atoms with van der Waals surface area (Å²) in [6, 6.07) is 1.73. The van der Waals surface area contributed by atoms with Gasteiger partial charge in [0, 0.05) is 23.9 Å². The zero-order chi connectivity index (χ0) is 12.4. The Morgan fingerprint density at radius 3 is 3.00 bits per heavy atom. The number of carbonyl (C=O) groups is 1. The summed E-state index contributed by atoms with van der Waals surface area (Å²) in [4.78, 5) is 14.8. The number of nitrogens with one attached hydrogen (secondary N) is 2. The predicted octanol–water partition coefficient (Wildman–Crippen LogP) is 2.33. The topological polar surface area (TPSA) is 62.7 Å². The van der Waals surface area contributed by atoms with Crippen molar-refractivity contribution in [1.82, 2.24) is 14.8 Å². The molecule has 90 valence electrons. The smallest absolute Gasteiger partial charge is 0.272 e. The van der Waals surface area contributed by atoms with Gasteiger partial charge in [-0.05, 0) is 28.4 Å². The minimum atomic E-state index is -0.168. The summed E-state index contributed by atoms with van der Waals surface area (Å²) in [6.07, 6.45) is 4.30. The van der Waals surface area contributed by atoms with Gasteiger partial charge in [0.1, 0.15) is 5.69 Å². The molecule has 2 rings (SSSR count). The van der Waals surface area contributed by atoms with Crippen LogP contribution in [0.5, 0.6) is 0 Å². The summed E-state index contributed by atoms with van der Waals surface area (Å²) in [6.45, 7) is 2.00. The van der Waals surface area contributed by atoms with Gasteiger partial charge in [0.2, 0.25) is 0 Å². The molecule has 2 aromatic rings. The predicted molar refractivity (Wildman–Crippen MR) is 69.0 cm³/mol. The van der Waals surface area contributed by atoms with Crippen LogP contribution in [-0.4, -0.2) is 20.7 Å². The molecule has 2 aromatic heterocycles. The number of halogens is 1. The fourth-order valence-corrected chi connectivity index (χ4v) is 1.93. The van der Waals surface area contributed by atoms with Gasteiger partial charge in [-0.15, -0.1) is 0 Å². The molecule has 1 amide bonds. The Morgan fingerprint density at radius 1 is 1.65 bits per heavy atom. The molecule has 0 fully saturated rings. The van der Waals surface area contributed by atoms with E-state index in [9.17, 15) is 4.79 Å². The lowest BCUT2D eigenvalue weighted by Crippen LogP contribution is -2.12. The fraction of sp³-hybridized carbons (Fsp3) is 0.273. The van der Waals surface area contributed by atoms with E-state index in [2.05, 4.69) is 31.3 Å². The maximum absolute atomic E-state index is 11.9. The van der Waals surface area contributed by atoms with E-state index in [1.54, 1.807) is 23.1 Å². The first-order chi connectivity index (χ1) is 8.10. The Morgan fingerprint density at radius 2 is 2.41 bits per heavy atom. The molecular weight excluding hydrogens is 284 g/mol. The Kier molecular flexibility index (Phi) is 3.33. The quantitative estimate of drug-likeness (QED) is 0.913. The van der Waals surface area contributed by atoms with Gasteiger partial charge in [-0.3, -0.25) is 9.48 Å². The third kappa shape index (κ3) is 2.58. The number of H-pyrrole nitrogens is 1. The number of nitrogens with zero attached hydrogens (tertiary/aromatic N) is 2. The molecule has 6 heteroatoms. The molecule has 0 aliphatic carbocycles. The monoisotopic (exact) mass is 296 g/mol. The molecule has 0 saturated carbocycles. The van der Waals surface area contributed by atoms with Crippen LogP contribution in [-0.2, 0) is 13.5 Å². The van der Waals surface area contributed by atoms with Crippen LogP contribution >= 0.6 is 15.9 Å². The first kappa shape index (κ1) is 11.9. The molecule has 0 radical (unpaired) electrons. The van der Waals surface area contributed by atoms with Crippen molar-refractivity contribution >= 4 is 27.5 Å². The second kappa shape index (κ2) is 4.75. The van der Waals surface area contributed by atoms with E-state index < -0.39 is 0 Å². The van der Waals surface area contributed by atoms with Crippen molar-refractivity contribution in [3.05, 3.63) is 34.3 Å². The SMILES string of the molecule is CCc1nn(C)cc1NC(=O)c1cc(Br)c[nH]1. The van der Waals surface area contributed by atoms with E-state index in [0.717, 1.165) is 22.3 Å². The number of rotatable bonds is 3. The van der Waals surface area contributed by atoms with Crippen molar-refractivity contribution in [2.75, 3.05) is 5.32 Å². The molecule has 2 N–H and O–H groups in total. The lowest BCUT2D eigenvalue weighted by Gasteiger charge is -2.01. The second-order valence-corrected chi connectivity index (χ2v) is 4.62. The maximum Gasteiger partial charge on any atom is 0.272 e. The van der Waals surface area contributed by atoms with E-state index >= 15 is 0 Å². The Bertz CT molecular complexity index is 543. The van der Waals surface area contributed by atoms with Crippen LogP contribution in [0.3, 0.4) is 0 Å². The number of aromatic amines is 1. The van der Waals surface area contributed by atoms with Gasteiger partial charge in [0.25, 0.3) is 5.91 Å². The van der Waals surface area contributed by atoms with Crippen LogP contribution in [0.15, 0.2) is 22.9 Å². The molecule has 2 heterocycles. The number of hydrogen-bond donors (Lipinski definition) is 2. The van der Waals surface area contributed by atoms with Gasteiger partial charge >= 0.3 is 0 Å². The number of anilines is 1. The van der Waals surface area contributed by atoms with E-state index in [4.69, 9.17) is 0 Å². The van der Waals surface area contributed by atoms with Crippen molar-refractivity contribution in [2.45, 2.75) is 13.3 Å². The van der Waals surface area contributed by atoms with Crippen molar-refractivity contribution in [3.63, 3.8) is 0 Å². The van der Waals surface area contributed by atoms with Crippen LogP contribution in [0.25, 0.3) is 0 Å². The highest BCUT2D eigenvalue weighted by Crippen LogP contribution is 2.16. The molecule has 0 unspecified atom stereocenters. The van der Waals surface area contributed by atoms with Crippen LogP contribution in [0, 0.1) is 0 Å². The summed E-state index contributed by atoms with van der Waals surface area (Å²) >= 11 is 3.29. The second-order valence-electron chi connectivity index (χ2n) is 3.70. The maximum atomic E-state index is 11.9. The van der Waals surface area contributed by atoms with Crippen molar-refractivity contribution in [1.29, 1.82) is 0 Å². The molecule has 5 nitrogen and oxygen atoms in total. The first-order valence-electron chi connectivity index (χ1n) is 5.28. The molecule has 0 aliphatic heterocycles. The molecule has 0 spiro atoms. The molecule has 0 aliphatic rings. The molecule has 0 atom stereocenters. The number of hydrogen-bond acceptors (Lipinski definition) is 2. The standard InChI is InChI=1S/C11H13BrN4O/c1-3-8-10(6-16(2)15-8)14-11(17)9-4-7(12)5-13-9/h4-6,13H,3H2,1-2H3,(H,14,17). The third-order valence-electron chi connectivity index (χ3n) is 2.38. The zero-order valence-electron chi connectivity index (χ0n) is 9.62. The highest BCUT2D eigenvalue weighted by Gasteiger charge is 2.12. The Hall–Kier alpha value is -1.56. The van der Waals surface area contributed by atoms with Gasteiger partial charge in [-0.1, -0.05) is 6.92 Å². The zero-order valence-corrected chi connectivity index (χ0v) is 11.2. The van der Waals surface area contributed by atoms with Gasteiger partial charge < -0.3 is 10.3 Å². The highest BCUT2D eigenvalue weighted by atomic mass is 79.9. The largest absolute Gasteiger partial charge is 0.356 e. The number of carbonyl (C=O) groups excluding carboxylic acids is 1. The van der Waals surface area contributed by atoms with Crippen LogP contribution in [0.2, 0.25) is 0 Å². The minimum Gasteiger partial charge on any atom is -0.356 e. The summed E-state index contributed by atoms with van der Waals surface area (Å²) in [5.41, 5.74) is 2.15. The van der Waals surface area contributed by atoms with Crippen LogP contribution in [0.4, 0.5) is 5.69 Å². The minimum absolute atomic E-state index is 0.168. The normalized spacial score (nSPS) is 10.5. The van der Waals surface area contributed by atoms with Crippen LogP contribution < -0.4 is 5.32 Å². The van der Waals surface area contributed by atoms with E-state index in [0.29, 0.717) is 5.69 Å². The summed E-state index contributed by atoms with van der Waals surface area (Å²) in [7, 11) is 1.83. The fourth-order valence-electron chi connectivity index (χ4n) is 1.59. The van der Waals surface area contributed by atoms with E-state index in [1.807, 2.05) is 14.0 Å². The van der Waals surface area contributed by atoms with Crippen molar-refractivity contribution in [2.24, 2.45) is 7.05 Å². The van der Waals surface area contributed by atoms with Gasteiger partial charge in [0.05, 0.1) is 11.4 Å². The van der Waals surface area contributed by atoms with Gasteiger partial charge in [-0.25, -0.2) is 0 Å². The number of aromatic nitrogens is 3. The summed E-state index contributed by atoms with van der Waals surface area (Å²) < 4.78 is 2.54. The number of aryl methyl sites for hydroxylation is 2. The summed E-state index contributed by atoms with van der Waals surface area (Å²) in [5.74, 6) is -0.168. The summed E-state index contributed by atoms with van der Waals surface area (Å²) in [5, 5.41) is 7.10. The average molecular weight is 297 g/mol. The van der Waals surface area contributed by atoms with Gasteiger partial charge in [-0.2, -0.15) is 5.10 Å². The molecule has 0 aromatic carbocycles. The first-order valence-corrected chi connectivity index (χ1v) is 6.07.